The predicted octanol–water partition coefficient (Wildman–Crippen LogP) is 6.85. The minimum Gasteiger partial charge on any atom is -0.386 e. The number of hydrogen-bond acceptors (Lipinski definition) is 4. The van der Waals surface area contributed by atoms with Gasteiger partial charge in [-0.15, -0.1) is 0 Å². The molecule has 0 bridgehead atoms. The molecule has 0 atom stereocenters. The van der Waals surface area contributed by atoms with E-state index < -0.39 is 23.4 Å². The van der Waals surface area contributed by atoms with Crippen LogP contribution in [0.2, 0.25) is 0 Å². The Balaban J connectivity index is 0.00000108. The minimum absolute atomic E-state index is 0.303. The molecule has 1 aliphatic carbocycles. The Morgan fingerprint density at radius 1 is 1.14 bits per heavy atom. The lowest BCUT2D eigenvalue weighted by atomic mass is 9.95. The Labute approximate surface area is 203 Å². The summed E-state index contributed by atoms with van der Waals surface area (Å²) in [6, 6.07) is 6.89. The molecule has 35 heavy (non-hydrogen) atoms. The number of halogens is 3. The zero-order chi connectivity index (χ0) is 25.8. The molecule has 2 N–H and O–H groups in total. The van der Waals surface area contributed by atoms with Crippen molar-refractivity contribution in [2.45, 2.75) is 84.0 Å². The van der Waals surface area contributed by atoms with Gasteiger partial charge in [0.05, 0.1) is 17.2 Å². The standard InChI is InChI=1S/C23H25F3N4O2.C3H8/c1-22(2,32)16-12-18-14(13-30(29-18)15-7-4-3-5-8-15)11-19(16)28-21(31)17-9-6-10-20(27-17)23(24,25)26;1-3-2/h6,9-13,15,32H,3-5,7-8H2,1-2H3,(H,28,31);3H2,1-2H3. The Hall–Kier alpha value is -2.94. The highest BCUT2D eigenvalue weighted by Crippen LogP contribution is 2.34. The van der Waals surface area contributed by atoms with Crippen LogP contribution in [-0.4, -0.2) is 25.8 Å². The van der Waals surface area contributed by atoms with E-state index in [1.165, 1.54) is 18.9 Å². The number of nitrogens with one attached hydrogen (secondary N) is 1. The molecule has 0 radical (unpaired) electrons. The van der Waals surface area contributed by atoms with Gasteiger partial charge in [-0.2, -0.15) is 18.3 Å². The third-order valence-electron chi connectivity index (χ3n) is 5.79. The van der Waals surface area contributed by atoms with Crippen LogP contribution in [0.3, 0.4) is 0 Å². The Kier molecular flexibility index (Phi) is 8.20. The quantitative estimate of drug-likeness (QED) is 0.419. The Bertz CT molecular complexity index is 1160. The first-order chi connectivity index (χ1) is 16.4. The molecule has 0 spiro atoms. The first-order valence-corrected chi connectivity index (χ1v) is 12.0. The second-order valence-corrected chi connectivity index (χ2v) is 9.48. The van der Waals surface area contributed by atoms with Crippen molar-refractivity contribution in [2.24, 2.45) is 0 Å². The van der Waals surface area contributed by atoms with Crippen molar-refractivity contribution in [3.63, 3.8) is 0 Å². The van der Waals surface area contributed by atoms with E-state index in [1.54, 1.807) is 26.0 Å². The van der Waals surface area contributed by atoms with E-state index in [2.05, 4.69) is 29.2 Å². The smallest absolute Gasteiger partial charge is 0.386 e. The highest BCUT2D eigenvalue weighted by atomic mass is 19.4. The van der Waals surface area contributed by atoms with E-state index in [0.717, 1.165) is 43.2 Å². The molecule has 1 aliphatic rings. The fourth-order valence-electron chi connectivity index (χ4n) is 4.14. The lowest BCUT2D eigenvalue weighted by Crippen LogP contribution is -2.22. The fraction of sp³-hybridized carbons (Fsp3) is 0.500. The number of anilines is 1. The molecule has 6 nitrogen and oxygen atoms in total. The lowest BCUT2D eigenvalue weighted by Gasteiger charge is -2.22. The molecular weight excluding hydrogens is 457 g/mol. The largest absolute Gasteiger partial charge is 0.433 e. The number of pyridine rings is 1. The number of hydrogen-bond donors (Lipinski definition) is 2. The zero-order valence-electron chi connectivity index (χ0n) is 20.6. The third-order valence-corrected chi connectivity index (χ3v) is 5.79. The number of benzene rings is 1. The predicted molar refractivity (Wildman–Crippen MR) is 130 cm³/mol. The van der Waals surface area contributed by atoms with Crippen LogP contribution in [0.5, 0.6) is 0 Å². The molecule has 1 aromatic carbocycles. The SMILES string of the molecule is CC(C)(O)c1cc2nn(C3CCCCC3)cc2cc1NC(=O)c1cccc(C(F)(F)F)n1.CCC. The summed E-state index contributed by atoms with van der Waals surface area (Å²) in [4.78, 5) is 16.2. The zero-order valence-corrected chi connectivity index (χ0v) is 20.6. The molecule has 2 aromatic heterocycles. The number of alkyl halides is 3. The van der Waals surface area contributed by atoms with Crippen LogP contribution in [0.15, 0.2) is 36.5 Å². The molecule has 4 rings (SSSR count). The molecule has 3 aromatic rings. The number of fused-ring (bicyclic) bond motifs is 1. The van der Waals surface area contributed by atoms with Gasteiger partial charge in [-0.25, -0.2) is 4.98 Å². The van der Waals surface area contributed by atoms with Crippen molar-refractivity contribution < 1.29 is 23.1 Å². The summed E-state index contributed by atoms with van der Waals surface area (Å²) in [5.41, 5.74) is -1.41. The number of carbonyl (C=O) groups is 1. The average Bonchev–Trinajstić information content (AvgIpc) is 3.22. The van der Waals surface area contributed by atoms with Crippen molar-refractivity contribution >= 4 is 22.5 Å². The van der Waals surface area contributed by atoms with Crippen LogP contribution >= 0.6 is 0 Å². The maximum absolute atomic E-state index is 13.0. The van der Waals surface area contributed by atoms with Gasteiger partial charge in [0.2, 0.25) is 0 Å². The van der Waals surface area contributed by atoms with E-state index in [0.29, 0.717) is 22.8 Å². The van der Waals surface area contributed by atoms with Gasteiger partial charge in [0.1, 0.15) is 11.4 Å². The van der Waals surface area contributed by atoms with Gasteiger partial charge >= 0.3 is 6.18 Å². The number of amides is 1. The summed E-state index contributed by atoms with van der Waals surface area (Å²) >= 11 is 0. The molecule has 0 saturated heterocycles. The number of nitrogens with zero attached hydrogens (tertiary/aromatic N) is 3. The molecule has 2 heterocycles. The second-order valence-electron chi connectivity index (χ2n) is 9.48. The summed E-state index contributed by atoms with van der Waals surface area (Å²) in [6.07, 6.45) is 4.15. The van der Waals surface area contributed by atoms with Crippen molar-refractivity contribution in [1.82, 2.24) is 14.8 Å². The highest BCUT2D eigenvalue weighted by molar-refractivity contribution is 6.04. The van der Waals surface area contributed by atoms with Crippen molar-refractivity contribution in [1.29, 1.82) is 0 Å². The minimum atomic E-state index is -4.65. The number of rotatable bonds is 4. The van der Waals surface area contributed by atoms with E-state index in [9.17, 15) is 23.1 Å². The van der Waals surface area contributed by atoms with E-state index >= 15 is 0 Å². The molecule has 0 unspecified atom stereocenters. The van der Waals surface area contributed by atoms with Gasteiger partial charge < -0.3 is 10.4 Å². The van der Waals surface area contributed by atoms with Gasteiger partial charge in [-0.05, 0) is 51.0 Å². The second kappa shape index (κ2) is 10.8. The summed E-state index contributed by atoms with van der Waals surface area (Å²) < 4.78 is 40.9. The van der Waals surface area contributed by atoms with E-state index in [4.69, 9.17) is 0 Å². The van der Waals surface area contributed by atoms with Gasteiger partial charge in [0.25, 0.3) is 5.91 Å². The van der Waals surface area contributed by atoms with Crippen LogP contribution in [0, 0.1) is 0 Å². The first kappa shape index (κ1) is 26.7. The maximum atomic E-state index is 13.0. The van der Waals surface area contributed by atoms with Crippen molar-refractivity contribution in [3.05, 3.63) is 53.5 Å². The topological polar surface area (TPSA) is 80.0 Å². The Morgan fingerprint density at radius 2 is 1.80 bits per heavy atom. The fourth-order valence-corrected chi connectivity index (χ4v) is 4.14. The van der Waals surface area contributed by atoms with E-state index in [1.807, 2.05) is 10.9 Å². The molecule has 1 amide bonds. The summed E-state index contributed by atoms with van der Waals surface area (Å²) in [7, 11) is 0. The van der Waals surface area contributed by atoms with Gasteiger partial charge in [0, 0.05) is 22.8 Å². The molecule has 190 valence electrons. The molecular formula is C26H33F3N4O2. The lowest BCUT2D eigenvalue weighted by molar-refractivity contribution is -0.141. The van der Waals surface area contributed by atoms with Crippen LogP contribution in [0.25, 0.3) is 10.9 Å². The number of aliphatic hydroxyl groups is 1. The molecule has 0 aliphatic heterocycles. The van der Waals surface area contributed by atoms with Gasteiger partial charge in [0.15, 0.2) is 0 Å². The number of carbonyl (C=O) groups excluding carboxylic acids is 1. The van der Waals surface area contributed by atoms with Crippen molar-refractivity contribution in [3.8, 4) is 0 Å². The van der Waals surface area contributed by atoms with E-state index in [-0.39, 0.29) is 5.69 Å². The molecule has 9 heteroatoms. The van der Waals surface area contributed by atoms with Crippen LogP contribution in [0.1, 0.15) is 94.0 Å². The Morgan fingerprint density at radius 3 is 2.40 bits per heavy atom. The third kappa shape index (κ3) is 6.60. The number of aromatic nitrogens is 3. The molecule has 1 saturated carbocycles. The van der Waals surface area contributed by atoms with Crippen LogP contribution in [-0.2, 0) is 11.8 Å². The van der Waals surface area contributed by atoms with Crippen molar-refractivity contribution in [2.75, 3.05) is 5.32 Å². The summed E-state index contributed by atoms with van der Waals surface area (Å²) in [5.74, 6) is -0.791. The normalized spacial score (nSPS) is 15.0. The van der Waals surface area contributed by atoms with Crippen LogP contribution in [0.4, 0.5) is 18.9 Å². The highest BCUT2D eigenvalue weighted by Gasteiger charge is 2.33. The summed E-state index contributed by atoms with van der Waals surface area (Å²) in [6.45, 7) is 7.40. The average molecular weight is 491 g/mol. The van der Waals surface area contributed by atoms with Gasteiger partial charge in [-0.1, -0.05) is 45.6 Å². The summed E-state index contributed by atoms with van der Waals surface area (Å²) in [5, 5.41) is 18.8. The monoisotopic (exact) mass is 490 g/mol. The van der Waals surface area contributed by atoms with Gasteiger partial charge in [-0.3, -0.25) is 9.48 Å². The maximum Gasteiger partial charge on any atom is 0.433 e. The molecule has 1 fully saturated rings. The van der Waals surface area contributed by atoms with Crippen LogP contribution < -0.4 is 5.32 Å². The first-order valence-electron chi connectivity index (χ1n) is 12.0.